The molecule has 1 heterocycles. The molecule has 0 bridgehead atoms. The van der Waals surface area contributed by atoms with E-state index in [2.05, 4.69) is 6.92 Å². The summed E-state index contributed by atoms with van der Waals surface area (Å²) in [5, 5.41) is 9.64. The fourth-order valence-corrected chi connectivity index (χ4v) is 1.85. The quantitative estimate of drug-likeness (QED) is 0.525. The highest BCUT2D eigenvalue weighted by Gasteiger charge is 2.17. The lowest BCUT2D eigenvalue weighted by molar-refractivity contribution is -0.160. The number of unbranched alkanes of at least 4 members (excludes halogenated alkanes) is 3. The van der Waals surface area contributed by atoms with Gasteiger partial charge in [-0.3, -0.25) is 0 Å². The van der Waals surface area contributed by atoms with Crippen LogP contribution < -0.4 is 0 Å². The molecule has 0 amide bonds. The fourth-order valence-electron chi connectivity index (χ4n) is 1.85. The Labute approximate surface area is 92.8 Å². The highest BCUT2D eigenvalue weighted by Crippen LogP contribution is 2.15. The maximum atomic E-state index is 9.64. The third-order valence-electron chi connectivity index (χ3n) is 2.82. The van der Waals surface area contributed by atoms with Gasteiger partial charge < -0.3 is 14.6 Å². The minimum Gasteiger partial charge on any atom is -0.381 e. The van der Waals surface area contributed by atoms with Crippen LogP contribution >= 0.6 is 0 Å². The molecular weight excluding hydrogens is 192 g/mol. The molecule has 1 fully saturated rings. The van der Waals surface area contributed by atoms with Gasteiger partial charge in [-0.2, -0.15) is 0 Å². The number of ether oxygens (including phenoxy) is 2. The number of aliphatic hydroxyl groups excluding tert-OH is 1. The van der Waals surface area contributed by atoms with E-state index in [1.165, 1.54) is 19.3 Å². The van der Waals surface area contributed by atoms with Crippen molar-refractivity contribution in [2.45, 2.75) is 64.3 Å². The lowest BCUT2D eigenvalue weighted by atomic mass is 10.1. The normalized spacial score (nSPS) is 20.4. The average Bonchev–Trinajstić information content (AvgIpc) is 2.26. The van der Waals surface area contributed by atoms with E-state index < -0.39 is 6.29 Å². The molecule has 90 valence electrons. The van der Waals surface area contributed by atoms with E-state index in [1.807, 2.05) is 0 Å². The molecule has 0 spiro atoms. The standard InChI is InChI=1S/C12H24O3/c1-2-3-4-5-6-12(13)15-11-7-9-14-10-8-11/h11-13H,2-10H2,1H3. The Morgan fingerprint density at radius 1 is 1.27 bits per heavy atom. The van der Waals surface area contributed by atoms with Gasteiger partial charge in [-0.15, -0.1) is 0 Å². The van der Waals surface area contributed by atoms with Crippen molar-refractivity contribution >= 4 is 0 Å². The third kappa shape index (κ3) is 6.13. The Bertz CT molecular complexity index is 144. The molecule has 1 N–H and O–H groups in total. The molecule has 0 saturated carbocycles. The number of hydrogen-bond acceptors (Lipinski definition) is 3. The summed E-state index contributed by atoms with van der Waals surface area (Å²) >= 11 is 0. The summed E-state index contributed by atoms with van der Waals surface area (Å²) in [6.07, 6.45) is 7.02. The van der Waals surface area contributed by atoms with Crippen molar-refractivity contribution in [2.75, 3.05) is 13.2 Å². The van der Waals surface area contributed by atoms with Crippen molar-refractivity contribution in [3.05, 3.63) is 0 Å². The first kappa shape index (κ1) is 12.9. The smallest absolute Gasteiger partial charge is 0.154 e. The summed E-state index contributed by atoms with van der Waals surface area (Å²) in [6.45, 7) is 3.73. The molecule has 15 heavy (non-hydrogen) atoms. The lowest BCUT2D eigenvalue weighted by Gasteiger charge is -2.25. The van der Waals surface area contributed by atoms with Crippen molar-refractivity contribution < 1.29 is 14.6 Å². The molecule has 3 heteroatoms. The van der Waals surface area contributed by atoms with Crippen LogP contribution in [0.4, 0.5) is 0 Å². The molecule has 1 saturated heterocycles. The van der Waals surface area contributed by atoms with E-state index in [1.54, 1.807) is 0 Å². The molecule has 0 aliphatic carbocycles. The minimum atomic E-state index is -0.565. The maximum Gasteiger partial charge on any atom is 0.154 e. The highest BCUT2D eigenvalue weighted by atomic mass is 16.6. The number of rotatable bonds is 7. The van der Waals surface area contributed by atoms with Crippen molar-refractivity contribution in [1.82, 2.24) is 0 Å². The zero-order valence-corrected chi connectivity index (χ0v) is 9.78. The molecule has 0 aromatic rings. The zero-order chi connectivity index (χ0) is 10.9. The Kier molecular flexibility index (Phi) is 6.98. The lowest BCUT2D eigenvalue weighted by Crippen LogP contribution is -2.28. The summed E-state index contributed by atoms with van der Waals surface area (Å²) < 4.78 is 10.8. The maximum absolute atomic E-state index is 9.64. The van der Waals surface area contributed by atoms with E-state index in [9.17, 15) is 5.11 Å². The molecule has 0 radical (unpaired) electrons. The van der Waals surface area contributed by atoms with Crippen molar-refractivity contribution in [2.24, 2.45) is 0 Å². The van der Waals surface area contributed by atoms with Gasteiger partial charge in [0.1, 0.15) is 0 Å². The van der Waals surface area contributed by atoms with Crippen LogP contribution in [0, 0.1) is 0 Å². The van der Waals surface area contributed by atoms with Gasteiger partial charge in [0.15, 0.2) is 6.29 Å². The van der Waals surface area contributed by atoms with Crippen molar-refractivity contribution in [3.8, 4) is 0 Å². The van der Waals surface area contributed by atoms with Gasteiger partial charge >= 0.3 is 0 Å². The second kappa shape index (κ2) is 8.08. The summed E-state index contributed by atoms with van der Waals surface area (Å²) in [4.78, 5) is 0. The SMILES string of the molecule is CCCCCCC(O)OC1CCOCC1. The van der Waals surface area contributed by atoms with Crippen LogP contribution in [0.5, 0.6) is 0 Å². The van der Waals surface area contributed by atoms with E-state index >= 15 is 0 Å². The molecule has 1 rings (SSSR count). The van der Waals surface area contributed by atoms with Crippen molar-refractivity contribution in [1.29, 1.82) is 0 Å². The fraction of sp³-hybridized carbons (Fsp3) is 1.00. The van der Waals surface area contributed by atoms with Crippen LogP contribution in [-0.4, -0.2) is 30.7 Å². The molecule has 3 nitrogen and oxygen atoms in total. The Hall–Kier alpha value is -0.120. The van der Waals surface area contributed by atoms with Crippen LogP contribution in [0.1, 0.15) is 51.9 Å². The van der Waals surface area contributed by atoms with E-state index in [0.717, 1.165) is 38.9 Å². The molecule has 1 unspecified atom stereocenters. The highest BCUT2D eigenvalue weighted by molar-refractivity contribution is 4.63. The van der Waals surface area contributed by atoms with Crippen LogP contribution in [0.25, 0.3) is 0 Å². The number of hydrogen-bond donors (Lipinski definition) is 1. The average molecular weight is 216 g/mol. The van der Waals surface area contributed by atoms with Crippen LogP contribution in [0.3, 0.4) is 0 Å². The Morgan fingerprint density at radius 3 is 2.67 bits per heavy atom. The van der Waals surface area contributed by atoms with Gasteiger partial charge in [0.05, 0.1) is 6.10 Å². The van der Waals surface area contributed by atoms with E-state index in [0.29, 0.717) is 0 Å². The van der Waals surface area contributed by atoms with Gasteiger partial charge in [-0.25, -0.2) is 0 Å². The van der Waals surface area contributed by atoms with E-state index in [4.69, 9.17) is 9.47 Å². The van der Waals surface area contributed by atoms with Gasteiger partial charge in [0.2, 0.25) is 0 Å². The topological polar surface area (TPSA) is 38.7 Å². The van der Waals surface area contributed by atoms with Gasteiger partial charge in [0, 0.05) is 13.2 Å². The zero-order valence-electron chi connectivity index (χ0n) is 9.78. The second-order valence-electron chi connectivity index (χ2n) is 4.25. The summed E-state index contributed by atoms with van der Waals surface area (Å²) in [5.74, 6) is 0. The first-order chi connectivity index (χ1) is 7.33. The van der Waals surface area contributed by atoms with Crippen LogP contribution in [0.2, 0.25) is 0 Å². The Morgan fingerprint density at radius 2 is 2.00 bits per heavy atom. The summed E-state index contributed by atoms with van der Waals surface area (Å²) in [6, 6.07) is 0. The van der Waals surface area contributed by atoms with Crippen molar-refractivity contribution in [3.63, 3.8) is 0 Å². The predicted molar refractivity (Wildman–Crippen MR) is 59.7 cm³/mol. The first-order valence-electron chi connectivity index (χ1n) is 6.24. The minimum absolute atomic E-state index is 0.208. The second-order valence-corrected chi connectivity index (χ2v) is 4.25. The molecule has 1 atom stereocenters. The van der Waals surface area contributed by atoms with Crippen LogP contribution in [-0.2, 0) is 9.47 Å². The monoisotopic (exact) mass is 216 g/mol. The molecule has 1 aliphatic heterocycles. The van der Waals surface area contributed by atoms with E-state index in [-0.39, 0.29) is 6.10 Å². The first-order valence-corrected chi connectivity index (χ1v) is 6.24. The summed E-state index contributed by atoms with van der Waals surface area (Å²) in [7, 11) is 0. The number of aliphatic hydroxyl groups is 1. The largest absolute Gasteiger partial charge is 0.381 e. The predicted octanol–water partition coefficient (Wildman–Crippen LogP) is 2.47. The van der Waals surface area contributed by atoms with Gasteiger partial charge in [-0.1, -0.05) is 26.2 Å². The molecular formula is C12H24O3. The Balaban J connectivity index is 1.98. The third-order valence-corrected chi connectivity index (χ3v) is 2.82. The van der Waals surface area contributed by atoms with Gasteiger partial charge in [0.25, 0.3) is 0 Å². The molecule has 0 aromatic heterocycles. The van der Waals surface area contributed by atoms with Gasteiger partial charge in [-0.05, 0) is 25.7 Å². The molecule has 0 aromatic carbocycles. The van der Waals surface area contributed by atoms with Crippen LogP contribution in [0.15, 0.2) is 0 Å². The summed E-state index contributed by atoms with van der Waals surface area (Å²) in [5.41, 5.74) is 0. The molecule has 1 aliphatic rings.